The topological polar surface area (TPSA) is 20.2 Å². The van der Waals surface area contributed by atoms with Crippen molar-refractivity contribution in [3.05, 3.63) is 516 Å². The first kappa shape index (κ1) is 66.9. The molecule has 1 N–H and O–H groups in total. The van der Waals surface area contributed by atoms with E-state index >= 15 is 0 Å². The van der Waals surface area contributed by atoms with Gasteiger partial charge in [-0.1, -0.05) is 376 Å². The standard InChI is InChI=1S/C72H46N2.C41H29N/c1-3-21-49(22-4-1)71(50-23-5-2-6-24-50)62-31-12-9-26-56(62)58-43-41-52(45-66(58)71)73(51-39-37-48(38-40-51)55-29-17-20-47-19-7-8-25-54(47)55)53-42-44-59-57-27-10-13-32-63(57)72(67(59)46-53)64-33-14-16-36-69(64)74-68-35-15-11-28-60(68)61-30-18-34-65(72)70(61)74;1-3-14-31(15-4-1)41(32-16-5-2-6-17-32)39-21-10-9-19-37(39)38-27-26-34(28-40(38)41)42-33-24-22-30(23-25-33)36-20-11-13-29-12-7-8-18-35(29)36/h1-46H;1-28,42H. The van der Waals surface area contributed by atoms with Crippen molar-refractivity contribution in [1.29, 1.82) is 0 Å². The van der Waals surface area contributed by atoms with E-state index in [2.05, 4.69) is 464 Å². The molecule has 4 aliphatic rings. The van der Waals surface area contributed by atoms with Gasteiger partial charge >= 0.3 is 0 Å². The van der Waals surface area contributed by atoms with Gasteiger partial charge in [-0.25, -0.2) is 0 Å². The van der Waals surface area contributed by atoms with Gasteiger partial charge in [0, 0.05) is 39.2 Å². The van der Waals surface area contributed by atoms with Crippen LogP contribution < -0.4 is 10.2 Å². The number of rotatable bonds is 11. The number of benzene rings is 19. The van der Waals surface area contributed by atoms with Crippen molar-refractivity contribution in [3.8, 4) is 61.3 Å². The summed E-state index contributed by atoms with van der Waals surface area (Å²) in [6.45, 7) is 0. The van der Waals surface area contributed by atoms with Crippen LogP contribution in [0, 0.1) is 0 Å². The average molecular weight is 1470 g/mol. The van der Waals surface area contributed by atoms with Crippen molar-refractivity contribution in [2.24, 2.45) is 0 Å². The molecule has 0 saturated carbocycles. The molecule has 542 valence electrons. The zero-order valence-corrected chi connectivity index (χ0v) is 63.6. The van der Waals surface area contributed by atoms with Gasteiger partial charge in [0.2, 0.25) is 0 Å². The number of fused-ring (bicyclic) bond motifs is 20. The van der Waals surface area contributed by atoms with Gasteiger partial charge in [-0.05, 0) is 217 Å². The van der Waals surface area contributed by atoms with Gasteiger partial charge in [0.05, 0.1) is 33.0 Å². The van der Waals surface area contributed by atoms with Gasteiger partial charge in [-0.2, -0.15) is 0 Å². The lowest BCUT2D eigenvalue weighted by molar-refractivity contribution is 0.748. The fourth-order valence-electron chi connectivity index (χ4n) is 20.9. The van der Waals surface area contributed by atoms with Crippen LogP contribution in [0.5, 0.6) is 0 Å². The van der Waals surface area contributed by atoms with E-state index in [0.717, 1.165) is 28.4 Å². The molecule has 20 aromatic rings. The smallest absolute Gasteiger partial charge is 0.0755 e. The van der Waals surface area contributed by atoms with Crippen LogP contribution in [0.3, 0.4) is 0 Å². The van der Waals surface area contributed by atoms with E-state index in [1.165, 1.54) is 171 Å². The Kier molecular flexibility index (Phi) is 15.4. The molecule has 24 rings (SSSR count). The summed E-state index contributed by atoms with van der Waals surface area (Å²) in [5, 5.41) is 11.3. The van der Waals surface area contributed by atoms with E-state index in [0.29, 0.717) is 0 Å². The first-order valence-corrected chi connectivity index (χ1v) is 40.4. The lowest BCUT2D eigenvalue weighted by Crippen LogP contribution is -2.33. The Hall–Kier alpha value is -14.9. The van der Waals surface area contributed by atoms with Crippen LogP contribution >= 0.6 is 0 Å². The number of hydrogen-bond acceptors (Lipinski definition) is 2. The highest BCUT2D eigenvalue weighted by Crippen LogP contribution is 2.64. The molecule has 0 bridgehead atoms. The summed E-state index contributed by atoms with van der Waals surface area (Å²) in [4.78, 5) is 2.51. The van der Waals surface area contributed by atoms with Crippen molar-refractivity contribution >= 4 is 71.8 Å². The van der Waals surface area contributed by atoms with E-state index in [1.54, 1.807) is 0 Å². The SMILES string of the molecule is c1ccc(C2(c3ccccc3)c3ccccc3-c3ccc(N(c4ccc(-c5cccc6ccccc56)cc4)c4ccc5c(c4)C4(c6ccccc6-5)c5ccccc5-n5c6ccccc6c6cccc4c65)cc32)cc1.c1ccc(C2(c3ccccc3)c3ccccc3-c3ccc(Nc4ccc(-c5cccc6ccccc56)cc4)cc32)cc1. The minimum atomic E-state index is -0.596. The Morgan fingerprint density at radius 3 is 1.08 bits per heavy atom. The molecule has 19 aromatic carbocycles. The molecule has 0 amide bonds. The normalized spacial score (nSPS) is 14.4. The average Bonchev–Trinajstić information content (AvgIpc) is 1.49. The zero-order chi connectivity index (χ0) is 76.5. The summed E-state index contributed by atoms with van der Waals surface area (Å²) in [5.41, 5.74) is 35.6. The molecule has 1 aliphatic heterocycles. The number of hydrogen-bond donors (Lipinski definition) is 1. The third-order valence-electron chi connectivity index (χ3n) is 25.6. The summed E-state index contributed by atoms with van der Waals surface area (Å²) < 4.78 is 2.53. The molecule has 0 radical (unpaired) electrons. The summed E-state index contributed by atoms with van der Waals surface area (Å²) in [7, 11) is 0. The molecule has 3 aliphatic carbocycles. The second kappa shape index (κ2) is 26.6. The van der Waals surface area contributed by atoms with Gasteiger partial charge in [0.1, 0.15) is 0 Å². The number of aromatic nitrogens is 1. The van der Waals surface area contributed by atoms with Crippen LogP contribution in [0.15, 0.2) is 449 Å². The summed E-state index contributed by atoms with van der Waals surface area (Å²) >= 11 is 0. The van der Waals surface area contributed by atoms with E-state index in [4.69, 9.17) is 0 Å². The quantitative estimate of drug-likeness (QED) is 0.139. The van der Waals surface area contributed by atoms with Crippen LogP contribution in [0.4, 0.5) is 28.4 Å². The maximum absolute atomic E-state index is 3.72. The largest absolute Gasteiger partial charge is 0.356 e. The summed E-state index contributed by atoms with van der Waals surface area (Å²) in [6, 6.07) is 166. The van der Waals surface area contributed by atoms with Crippen LogP contribution in [0.1, 0.15) is 66.8 Å². The van der Waals surface area contributed by atoms with E-state index < -0.39 is 16.2 Å². The molecular formula is C113H75N3. The highest BCUT2D eigenvalue weighted by atomic mass is 15.1. The second-order valence-electron chi connectivity index (χ2n) is 31.3. The van der Waals surface area contributed by atoms with Crippen molar-refractivity contribution in [1.82, 2.24) is 4.57 Å². The lowest BCUT2D eigenvalue weighted by Gasteiger charge is -2.40. The van der Waals surface area contributed by atoms with Crippen LogP contribution in [-0.4, -0.2) is 4.57 Å². The molecule has 1 aromatic heterocycles. The monoisotopic (exact) mass is 1470 g/mol. The predicted molar refractivity (Wildman–Crippen MR) is 483 cm³/mol. The van der Waals surface area contributed by atoms with Gasteiger partial charge in [0.25, 0.3) is 0 Å². The molecule has 1 atom stereocenters. The Morgan fingerprint density at radius 1 is 0.207 bits per heavy atom. The maximum Gasteiger partial charge on any atom is 0.0755 e. The van der Waals surface area contributed by atoms with Crippen LogP contribution in [0.2, 0.25) is 0 Å². The molecule has 2 heterocycles. The van der Waals surface area contributed by atoms with E-state index in [1.807, 2.05) is 0 Å². The second-order valence-corrected chi connectivity index (χ2v) is 31.3. The molecule has 116 heavy (non-hydrogen) atoms. The Balaban J connectivity index is 0.000000160. The maximum atomic E-state index is 3.72. The minimum absolute atomic E-state index is 0.398. The molecule has 3 heteroatoms. The Morgan fingerprint density at radius 2 is 0.552 bits per heavy atom. The van der Waals surface area contributed by atoms with Gasteiger partial charge in [0.15, 0.2) is 0 Å². The highest BCUT2D eigenvalue weighted by Gasteiger charge is 2.52. The third-order valence-corrected chi connectivity index (χ3v) is 25.6. The first-order chi connectivity index (χ1) is 57.5. The van der Waals surface area contributed by atoms with Crippen LogP contribution in [-0.2, 0) is 16.2 Å². The molecule has 0 fully saturated rings. The molecule has 3 nitrogen and oxygen atoms in total. The molecule has 1 unspecified atom stereocenters. The highest BCUT2D eigenvalue weighted by molar-refractivity contribution is 6.13. The predicted octanol–water partition coefficient (Wildman–Crippen LogP) is 28.7. The number of nitrogens with one attached hydrogen (secondary N) is 1. The summed E-state index contributed by atoms with van der Waals surface area (Å²) in [6.07, 6.45) is 0. The first-order valence-electron chi connectivity index (χ1n) is 40.4. The van der Waals surface area contributed by atoms with Gasteiger partial charge in [-0.15, -0.1) is 0 Å². The third kappa shape index (κ3) is 9.85. The van der Waals surface area contributed by atoms with Crippen molar-refractivity contribution < 1.29 is 0 Å². The lowest BCUT2D eigenvalue weighted by atomic mass is 9.65. The fraction of sp³-hybridized carbons (Fsp3) is 0.0265. The molecule has 1 spiro atoms. The van der Waals surface area contributed by atoms with Crippen molar-refractivity contribution in [2.45, 2.75) is 16.2 Å². The molecular weight excluding hydrogens is 1400 g/mol. The van der Waals surface area contributed by atoms with Crippen LogP contribution in [0.25, 0.3) is 105 Å². The number of para-hydroxylation sites is 3. The Labute approximate surface area is 675 Å². The number of nitrogens with zero attached hydrogens (tertiary/aromatic N) is 2. The van der Waals surface area contributed by atoms with Crippen molar-refractivity contribution in [2.75, 3.05) is 10.2 Å². The van der Waals surface area contributed by atoms with Crippen molar-refractivity contribution in [3.63, 3.8) is 0 Å². The summed E-state index contributed by atoms with van der Waals surface area (Å²) in [5.74, 6) is 0. The minimum Gasteiger partial charge on any atom is -0.356 e. The Bertz CT molecular complexity index is 7200. The number of anilines is 5. The zero-order valence-electron chi connectivity index (χ0n) is 63.6. The fourth-order valence-corrected chi connectivity index (χ4v) is 20.9. The van der Waals surface area contributed by atoms with Gasteiger partial charge in [-0.3, -0.25) is 0 Å². The van der Waals surface area contributed by atoms with E-state index in [-0.39, 0.29) is 0 Å². The molecule has 0 saturated heterocycles. The van der Waals surface area contributed by atoms with Gasteiger partial charge < -0.3 is 14.8 Å². The van der Waals surface area contributed by atoms with E-state index in [9.17, 15) is 0 Å².